The predicted octanol–water partition coefficient (Wildman–Crippen LogP) is 2.44. The standard InChI is InChI=1S/C12H14N2OS/c1-13-7-10-8-14-5-4-12(10)15-9-11-3-2-6-16-11/h2-6,8,13H,7,9H2,1H3. The van der Waals surface area contributed by atoms with Crippen molar-refractivity contribution in [1.82, 2.24) is 10.3 Å². The summed E-state index contributed by atoms with van der Waals surface area (Å²) in [5, 5.41) is 5.16. The number of hydrogen-bond donors (Lipinski definition) is 1. The van der Waals surface area contributed by atoms with Crippen molar-refractivity contribution in [3.8, 4) is 5.75 Å². The molecule has 2 heterocycles. The molecule has 2 rings (SSSR count). The highest BCUT2D eigenvalue weighted by atomic mass is 32.1. The van der Waals surface area contributed by atoms with Gasteiger partial charge in [-0.25, -0.2) is 0 Å². The van der Waals surface area contributed by atoms with E-state index >= 15 is 0 Å². The first-order valence-electron chi connectivity index (χ1n) is 5.13. The molecule has 0 saturated carbocycles. The summed E-state index contributed by atoms with van der Waals surface area (Å²) in [4.78, 5) is 5.32. The highest BCUT2D eigenvalue weighted by Gasteiger charge is 2.03. The number of ether oxygens (including phenoxy) is 1. The SMILES string of the molecule is CNCc1cnccc1OCc1cccs1. The number of thiophene rings is 1. The average Bonchev–Trinajstić information content (AvgIpc) is 2.81. The van der Waals surface area contributed by atoms with Gasteiger partial charge >= 0.3 is 0 Å². The second kappa shape index (κ2) is 5.63. The van der Waals surface area contributed by atoms with Crippen molar-refractivity contribution >= 4 is 11.3 Å². The number of nitrogens with one attached hydrogen (secondary N) is 1. The van der Waals surface area contributed by atoms with Crippen LogP contribution < -0.4 is 10.1 Å². The quantitative estimate of drug-likeness (QED) is 0.862. The van der Waals surface area contributed by atoms with Gasteiger partial charge in [0.15, 0.2) is 0 Å². The molecule has 84 valence electrons. The van der Waals surface area contributed by atoms with Crippen molar-refractivity contribution < 1.29 is 4.74 Å². The summed E-state index contributed by atoms with van der Waals surface area (Å²) in [5.41, 5.74) is 1.08. The molecule has 0 fully saturated rings. The summed E-state index contributed by atoms with van der Waals surface area (Å²) >= 11 is 1.71. The molecule has 0 aliphatic carbocycles. The molecule has 0 aliphatic heterocycles. The first kappa shape index (κ1) is 11.1. The van der Waals surface area contributed by atoms with Gasteiger partial charge in [0.05, 0.1) is 0 Å². The van der Waals surface area contributed by atoms with Crippen LogP contribution in [0.1, 0.15) is 10.4 Å². The molecule has 0 aliphatic rings. The van der Waals surface area contributed by atoms with Crippen LogP contribution >= 0.6 is 11.3 Å². The van der Waals surface area contributed by atoms with Gasteiger partial charge in [-0.15, -0.1) is 11.3 Å². The van der Waals surface area contributed by atoms with Gasteiger partial charge in [-0.1, -0.05) is 6.07 Å². The van der Waals surface area contributed by atoms with Crippen LogP contribution in [0.5, 0.6) is 5.75 Å². The van der Waals surface area contributed by atoms with Crippen molar-refractivity contribution in [2.75, 3.05) is 7.05 Å². The Morgan fingerprint density at radius 3 is 3.12 bits per heavy atom. The van der Waals surface area contributed by atoms with E-state index in [0.717, 1.165) is 17.9 Å². The Hall–Kier alpha value is -1.39. The lowest BCUT2D eigenvalue weighted by molar-refractivity contribution is 0.305. The molecule has 0 amide bonds. The van der Waals surface area contributed by atoms with Crippen LogP contribution in [-0.2, 0) is 13.2 Å². The zero-order valence-corrected chi connectivity index (χ0v) is 9.96. The van der Waals surface area contributed by atoms with Crippen molar-refractivity contribution in [3.63, 3.8) is 0 Å². The first-order chi connectivity index (χ1) is 7.90. The molecule has 0 aromatic carbocycles. The van der Waals surface area contributed by atoms with Crippen LogP contribution in [0, 0.1) is 0 Å². The smallest absolute Gasteiger partial charge is 0.127 e. The predicted molar refractivity (Wildman–Crippen MR) is 65.7 cm³/mol. The summed E-state index contributed by atoms with van der Waals surface area (Å²) in [6.45, 7) is 1.39. The van der Waals surface area contributed by atoms with Gasteiger partial charge < -0.3 is 10.1 Å². The summed E-state index contributed by atoms with van der Waals surface area (Å²) in [6, 6.07) is 6.01. The molecule has 0 atom stereocenters. The number of nitrogens with zero attached hydrogens (tertiary/aromatic N) is 1. The lowest BCUT2D eigenvalue weighted by Crippen LogP contribution is -2.07. The van der Waals surface area contributed by atoms with Crippen LogP contribution in [0.2, 0.25) is 0 Å². The number of pyridine rings is 1. The highest BCUT2D eigenvalue weighted by Crippen LogP contribution is 2.19. The second-order valence-electron chi connectivity index (χ2n) is 3.38. The van der Waals surface area contributed by atoms with E-state index in [1.807, 2.05) is 25.4 Å². The van der Waals surface area contributed by atoms with Crippen LogP contribution in [-0.4, -0.2) is 12.0 Å². The minimum absolute atomic E-state index is 0.623. The number of aromatic nitrogens is 1. The van der Waals surface area contributed by atoms with Crippen molar-refractivity contribution in [2.45, 2.75) is 13.2 Å². The molecule has 4 heteroatoms. The summed E-state index contributed by atoms with van der Waals surface area (Å²) in [7, 11) is 1.91. The van der Waals surface area contributed by atoms with Crippen LogP contribution in [0.3, 0.4) is 0 Å². The minimum Gasteiger partial charge on any atom is -0.488 e. The topological polar surface area (TPSA) is 34.2 Å². The monoisotopic (exact) mass is 234 g/mol. The number of rotatable bonds is 5. The zero-order chi connectivity index (χ0) is 11.2. The zero-order valence-electron chi connectivity index (χ0n) is 9.14. The van der Waals surface area contributed by atoms with Gasteiger partial charge in [-0.2, -0.15) is 0 Å². The molecule has 1 N–H and O–H groups in total. The lowest BCUT2D eigenvalue weighted by Gasteiger charge is -2.09. The van der Waals surface area contributed by atoms with Crippen molar-refractivity contribution in [3.05, 3.63) is 46.4 Å². The van der Waals surface area contributed by atoms with Crippen molar-refractivity contribution in [1.29, 1.82) is 0 Å². The second-order valence-corrected chi connectivity index (χ2v) is 4.41. The summed E-state index contributed by atoms with van der Waals surface area (Å²) in [6.07, 6.45) is 3.59. The Labute approximate surface area is 99.1 Å². The normalized spacial score (nSPS) is 10.3. The maximum atomic E-state index is 5.76. The maximum Gasteiger partial charge on any atom is 0.127 e. The highest BCUT2D eigenvalue weighted by molar-refractivity contribution is 7.09. The first-order valence-corrected chi connectivity index (χ1v) is 6.01. The van der Waals surface area contributed by atoms with Crippen LogP contribution in [0.25, 0.3) is 0 Å². The largest absolute Gasteiger partial charge is 0.488 e. The summed E-state index contributed by atoms with van der Waals surface area (Å²) < 4.78 is 5.76. The van der Waals surface area contributed by atoms with Gasteiger partial charge in [-0.3, -0.25) is 4.98 Å². The molecule has 3 nitrogen and oxygen atoms in total. The molecule has 0 saturated heterocycles. The third-order valence-corrected chi connectivity index (χ3v) is 3.03. The Morgan fingerprint density at radius 1 is 1.44 bits per heavy atom. The minimum atomic E-state index is 0.623. The molecule has 0 spiro atoms. The van der Waals surface area contributed by atoms with Crippen molar-refractivity contribution in [2.24, 2.45) is 0 Å². The van der Waals surface area contributed by atoms with Gasteiger partial charge in [-0.05, 0) is 24.6 Å². The fourth-order valence-corrected chi connectivity index (χ4v) is 2.04. The molecule has 0 bridgehead atoms. The Bertz CT molecular complexity index is 428. The van der Waals surface area contributed by atoms with Crippen LogP contribution in [0.15, 0.2) is 36.0 Å². The van der Waals surface area contributed by atoms with E-state index in [4.69, 9.17) is 4.74 Å². The van der Waals surface area contributed by atoms with Gasteiger partial charge in [0.2, 0.25) is 0 Å². The van der Waals surface area contributed by atoms with E-state index in [1.165, 1.54) is 4.88 Å². The van der Waals surface area contributed by atoms with Gasteiger partial charge in [0, 0.05) is 29.4 Å². The third kappa shape index (κ3) is 2.81. The lowest BCUT2D eigenvalue weighted by atomic mass is 10.2. The van der Waals surface area contributed by atoms with E-state index in [9.17, 15) is 0 Å². The van der Waals surface area contributed by atoms with E-state index in [0.29, 0.717) is 6.61 Å². The Balaban J connectivity index is 2.03. The fourth-order valence-electron chi connectivity index (χ4n) is 1.42. The molecular weight excluding hydrogens is 220 g/mol. The van der Waals surface area contributed by atoms with Gasteiger partial charge in [0.25, 0.3) is 0 Å². The molecule has 2 aromatic rings. The average molecular weight is 234 g/mol. The van der Waals surface area contributed by atoms with Crippen LogP contribution in [0.4, 0.5) is 0 Å². The summed E-state index contributed by atoms with van der Waals surface area (Å²) in [5.74, 6) is 0.901. The van der Waals surface area contributed by atoms with E-state index in [2.05, 4.69) is 21.7 Å². The number of hydrogen-bond acceptors (Lipinski definition) is 4. The molecule has 0 unspecified atom stereocenters. The molecule has 2 aromatic heterocycles. The molecule has 16 heavy (non-hydrogen) atoms. The fraction of sp³-hybridized carbons (Fsp3) is 0.250. The molecule has 0 radical (unpaired) electrons. The van der Waals surface area contributed by atoms with Gasteiger partial charge in [0.1, 0.15) is 12.4 Å². The van der Waals surface area contributed by atoms with E-state index < -0.39 is 0 Å². The maximum absolute atomic E-state index is 5.76. The van der Waals surface area contributed by atoms with E-state index in [-0.39, 0.29) is 0 Å². The third-order valence-electron chi connectivity index (χ3n) is 2.18. The Morgan fingerprint density at radius 2 is 2.38 bits per heavy atom. The Kier molecular flexibility index (Phi) is 3.91. The molecular formula is C12H14N2OS. The van der Waals surface area contributed by atoms with E-state index in [1.54, 1.807) is 17.5 Å².